The fraction of sp³-hybridized carbons (Fsp3) is 0.562. The molecule has 0 saturated heterocycles. The zero-order valence-electron chi connectivity index (χ0n) is 13.7. The molecule has 0 unspecified atom stereocenters. The molecule has 0 bridgehead atoms. The van der Waals surface area contributed by atoms with Gasteiger partial charge in [-0.3, -0.25) is 9.69 Å². The molecule has 6 nitrogen and oxygen atoms in total. The Balaban J connectivity index is 2.71. The van der Waals surface area contributed by atoms with Crippen molar-refractivity contribution in [1.82, 2.24) is 4.98 Å². The van der Waals surface area contributed by atoms with Crippen molar-refractivity contribution in [3.63, 3.8) is 0 Å². The molecule has 1 heterocycles. The number of carbonyl (C=O) groups excluding carboxylic acids is 2. The van der Waals surface area contributed by atoms with Crippen LogP contribution in [0.15, 0.2) is 24.4 Å². The van der Waals surface area contributed by atoms with Gasteiger partial charge in [-0.15, -0.1) is 0 Å². The molecule has 0 aliphatic carbocycles. The van der Waals surface area contributed by atoms with E-state index in [2.05, 4.69) is 4.98 Å². The first kappa shape index (κ1) is 17.9. The monoisotopic (exact) mass is 308 g/mol. The Bertz CT molecular complexity index is 483. The SMILES string of the molecule is CCOC(=O)CCCN(C(=O)OC(C)(C)C)c1ccccn1. The van der Waals surface area contributed by atoms with E-state index in [0.717, 1.165) is 0 Å². The third-order valence-electron chi connectivity index (χ3n) is 2.61. The molecular weight excluding hydrogens is 284 g/mol. The van der Waals surface area contributed by atoms with Crippen LogP contribution in [0.5, 0.6) is 0 Å². The van der Waals surface area contributed by atoms with Crippen molar-refractivity contribution in [2.75, 3.05) is 18.1 Å². The van der Waals surface area contributed by atoms with Gasteiger partial charge in [-0.05, 0) is 46.2 Å². The summed E-state index contributed by atoms with van der Waals surface area (Å²) in [6.07, 6.45) is 1.86. The number of rotatable bonds is 6. The maximum absolute atomic E-state index is 12.3. The summed E-state index contributed by atoms with van der Waals surface area (Å²) < 4.78 is 10.3. The first-order valence-electron chi connectivity index (χ1n) is 7.40. The Morgan fingerprint density at radius 3 is 2.55 bits per heavy atom. The molecule has 1 aromatic heterocycles. The molecule has 22 heavy (non-hydrogen) atoms. The van der Waals surface area contributed by atoms with E-state index in [0.29, 0.717) is 25.4 Å². The van der Waals surface area contributed by atoms with E-state index in [-0.39, 0.29) is 12.4 Å². The molecule has 1 aromatic rings. The van der Waals surface area contributed by atoms with Crippen LogP contribution in [0.2, 0.25) is 0 Å². The quantitative estimate of drug-likeness (QED) is 0.755. The van der Waals surface area contributed by atoms with Crippen LogP contribution in [0.3, 0.4) is 0 Å². The number of pyridine rings is 1. The lowest BCUT2D eigenvalue weighted by atomic mass is 10.2. The highest BCUT2D eigenvalue weighted by atomic mass is 16.6. The Hall–Kier alpha value is -2.11. The summed E-state index contributed by atoms with van der Waals surface area (Å²) >= 11 is 0. The van der Waals surface area contributed by atoms with Gasteiger partial charge in [0.25, 0.3) is 0 Å². The second-order valence-corrected chi connectivity index (χ2v) is 5.73. The minimum absolute atomic E-state index is 0.250. The summed E-state index contributed by atoms with van der Waals surface area (Å²) in [4.78, 5) is 29.3. The van der Waals surface area contributed by atoms with Crippen molar-refractivity contribution in [1.29, 1.82) is 0 Å². The van der Waals surface area contributed by atoms with Gasteiger partial charge in [0.05, 0.1) is 6.61 Å². The maximum Gasteiger partial charge on any atom is 0.416 e. The van der Waals surface area contributed by atoms with Crippen LogP contribution in [0.25, 0.3) is 0 Å². The standard InChI is InChI=1S/C16H24N2O4/c1-5-21-14(19)10-8-12-18(13-9-6-7-11-17-13)15(20)22-16(2,3)4/h6-7,9,11H,5,8,10,12H2,1-4H3. The summed E-state index contributed by atoms with van der Waals surface area (Å²) in [6.45, 7) is 7.87. The van der Waals surface area contributed by atoms with Gasteiger partial charge in [-0.2, -0.15) is 0 Å². The summed E-state index contributed by atoms with van der Waals surface area (Å²) in [5, 5.41) is 0. The van der Waals surface area contributed by atoms with Crippen LogP contribution in [0, 0.1) is 0 Å². The van der Waals surface area contributed by atoms with E-state index in [1.165, 1.54) is 4.90 Å². The molecule has 0 radical (unpaired) electrons. The molecule has 0 aromatic carbocycles. The van der Waals surface area contributed by atoms with Gasteiger partial charge in [0.1, 0.15) is 11.4 Å². The number of hydrogen-bond donors (Lipinski definition) is 0. The average Bonchev–Trinajstić information content (AvgIpc) is 2.43. The highest BCUT2D eigenvalue weighted by Crippen LogP contribution is 2.16. The second-order valence-electron chi connectivity index (χ2n) is 5.73. The molecule has 0 aliphatic rings. The van der Waals surface area contributed by atoms with Crippen LogP contribution in [0.1, 0.15) is 40.5 Å². The number of amides is 1. The summed E-state index contributed by atoms with van der Waals surface area (Å²) in [5.41, 5.74) is -0.592. The third kappa shape index (κ3) is 6.56. The van der Waals surface area contributed by atoms with Gasteiger partial charge in [0.15, 0.2) is 0 Å². The minimum atomic E-state index is -0.592. The van der Waals surface area contributed by atoms with Gasteiger partial charge in [0.2, 0.25) is 0 Å². The topological polar surface area (TPSA) is 68.7 Å². The van der Waals surface area contributed by atoms with Crippen molar-refractivity contribution in [3.05, 3.63) is 24.4 Å². The highest BCUT2D eigenvalue weighted by Gasteiger charge is 2.24. The zero-order valence-corrected chi connectivity index (χ0v) is 13.7. The van der Waals surface area contributed by atoms with Gasteiger partial charge in [-0.1, -0.05) is 6.07 Å². The van der Waals surface area contributed by atoms with E-state index in [1.807, 2.05) is 0 Å². The van der Waals surface area contributed by atoms with Gasteiger partial charge < -0.3 is 9.47 Å². The fourth-order valence-corrected chi connectivity index (χ4v) is 1.74. The Labute approximate surface area is 131 Å². The first-order valence-corrected chi connectivity index (χ1v) is 7.40. The molecule has 0 aliphatic heterocycles. The van der Waals surface area contributed by atoms with Crippen LogP contribution < -0.4 is 4.90 Å². The van der Waals surface area contributed by atoms with Gasteiger partial charge in [-0.25, -0.2) is 9.78 Å². The molecule has 0 saturated carbocycles. The normalized spacial score (nSPS) is 10.9. The Morgan fingerprint density at radius 2 is 2.00 bits per heavy atom. The van der Waals surface area contributed by atoms with E-state index >= 15 is 0 Å². The second kappa shape index (κ2) is 8.36. The van der Waals surface area contributed by atoms with Crippen molar-refractivity contribution < 1.29 is 19.1 Å². The van der Waals surface area contributed by atoms with Crippen LogP contribution >= 0.6 is 0 Å². The highest BCUT2D eigenvalue weighted by molar-refractivity contribution is 5.86. The Morgan fingerprint density at radius 1 is 1.27 bits per heavy atom. The smallest absolute Gasteiger partial charge is 0.416 e. The summed E-state index contributed by atoms with van der Waals surface area (Å²) in [6, 6.07) is 5.30. The zero-order chi connectivity index (χ0) is 16.6. The molecule has 0 atom stereocenters. The average molecular weight is 308 g/mol. The van der Waals surface area contributed by atoms with E-state index in [9.17, 15) is 9.59 Å². The predicted octanol–water partition coefficient (Wildman–Crippen LogP) is 3.17. The van der Waals surface area contributed by atoms with E-state index in [4.69, 9.17) is 9.47 Å². The number of ether oxygens (including phenoxy) is 2. The lowest BCUT2D eigenvalue weighted by Gasteiger charge is -2.26. The molecule has 0 N–H and O–H groups in total. The fourth-order valence-electron chi connectivity index (χ4n) is 1.74. The van der Waals surface area contributed by atoms with Crippen LogP contribution in [-0.4, -0.2) is 35.8 Å². The minimum Gasteiger partial charge on any atom is -0.466 e. The molecule has 1 rings (SSSR count). The predicted molar refractivity (Wildman–Crippen MR) is 83.7 cm³/mol. The number of aromatic nitrogens is 1. The number of anilines is 1. The maximum atomic E-state index is 12.3. The van der Waals surface area contributed by atoms with Crippen molar-refractivity contribution >= 4 is 17.9 Å². The lowest BCUT2D eigenvalue weighted by molar-refractivity contribution is -0.143. The number of esters is 1. The molecule has 122 valence electrons. The third-order valence-corrected chi connectivity index (χ3v) is 2.61. The van der Waals surface area contributed by atoms with Crippen molar-refractivity contribution in [2.24, 2.45) is 0 Å². The van der Waals surface area contributed by atoms with Crippen molar-refractivity contribution in [2.45, 2.75) is 46.1 Å². The van der Waals surface area contributed by atoms with Crippen LogP contribution in [0.4, 0.5) is 10.6 Å². The van der Waals surface area contributed by atoms with Gasteiger partial charge >= 0.3 is 12.1 Å². The lowest BCUT2D eigenvalue weighted by Crippen LogP contribution is -2.38. The molecule has 6 heteroatoms. The molecular formula is C16H24N2O4. The Kier molecular flexibility index (Phi) is 6.82. The number of nitrogens with zero attached hydrogens (tertiary/aromatic N) is 2. The van der Waals surface area contributed by atoms with Crippen molar-refractivity contribution in [3.8, 4) is 0 Å². The number of carbonyl (C=O) groups is 2. The largest absolute Gasteiger partial charge is 0.466 e. The molecule has 1 amide bonds. The van der Waals surface area contributed by atoms with E-state index < -0.39 is 11.7 Å². The van der Waals surface area contributed by atoms with E-state index in [1.54, 1.807) is 52.1 Å². The first-order chi connectivity index (χ1) is 10.3. The molecule has 0 fully saturated rings. The summed E-state index contributed by atoms with van der Waals surface area (Å²) in [7, 11) is 0. The summed E-state index contributed by atoms with van der Waals surface area (Å²) in [5.74, 6) is 0.230. The van der Waals surface area contributed by atoms with Gasteiger partial charge in [0, 0.05) is 19.2 Å². The van der Waals surface area contributed by atoms with Crippen LogP contribution in [-0.2, 0) is 14.3 Å². The number of hydrogen-bond acceptors (Lipinski definition) is 5. The molecule has 0 spiro atoms.